The molecule has 1 atom stereocenters. The molecule has 0 fully saturated rings. The fourth-order valence-electron chi connectivity index (χ4n) is 1.75. The summed E-state index contributed by atoms with van der Waals surface area (Å²) in [5.41, 5.74) is 0. The molecule has 1 unspecified atom stereocenters. The molecular formula is C14H24N2O2S. The minimum absolute atomic E-state index is 0.0917. The standard InChI is InChI=1S/C14H24N2O2S/c1-3-5-6-12(4-2)11-18-14(17)7-8-19-13-9-15-16-10-13/h9-10,12H,3-8,11H2,1-2H3,(H,15,16). The number of nitrogens with zero attached hydrogens (tertiary/aromatic N) is 1. The van der Waals surface area contributed by atoms with E-state index in [1.54, 1.807) is 18.0 Å². The number of ether oxygens (including phenoxy) is 1. The topological polar surface area (TPSA) is 55.0 Å². The molecule has 1 aromatic heterocycles. The van der Waals surface area contributed by atoms with Crippen molar-refractivity contribution < 1.29 is 9.53 Å². The monoisotopic (exact) mass is 284 g/mol. The predicted octanol–water partition coefficient (Wildman–Crippen LogP) is 3.65. The highest BCUT2D eigenvalue weighted by Crippen LogP contribution is 2.17. The summed E-state index contributed by atoms with van der Waals surface area (Å²) in [6, 6.07) is 0. The van der Waals surface area contributed by atoms with Crippen LogP contribution >= 0.6 is 11.8 Å². The zero-order valence-electron chi connectivity index (χ0n) is 11.9. The van der Waals surface area contributed by atoms with E-state index in [2.05, 4.69) is 24.0 Å². The maximum atomic E-state index is 11.6. The van der Waals surface area contributed by atoms with E-state index < -0.39 is 0 Å². The second-order valence-electron chi connectivity index (χ2n) is 4.63. The maximum absolute atomic E-state index is 11.6. The van der Waals surface area contributed by atoms with Gasteiger partial charge >= 0.3 is 5.97 Å². The van der Waals surface area contributed by atoms with Crippen LogP contribution in [0.2, 0.25) is 0 Å². The number of nitrogens with one attached hydrogen (secondary N) is 1. The predicted molar refractivity (Wildman–Crippen MR) is 78.2 cm³/mol. The third kappa shape index (κ3) is 7.25. The lowest BCUT2D eigenvalue weighted by atomic mass is 10.0. The van der Waals surface area contributed by atoms with Crippen molar-refractivity contribution in [1.82, 2.24) is 10.2 Å². The van der Waals surface area contributed by atoms with E-state index in [1.165, 1.54) is 12.8 Å². The van der Waals surface area contributed by atoms with Gasteiger partial charge in [-0.3, -0.25) is 9.89 Å². The normalized spacial score (nSPS) is 12.3. The lowest BCUT2D eigenvalue weighted by Gasteiger charge is -2.14. The Kier molecular flexibility index (Phi) is 8.38. The molecule has 1 N–H and O–H groups in total. The Hall–Kier alpha value is -0.970. The van der Waals surface area contributed by atoms with Crippen molar-refractivity contribution in [1.29, 1.82) is 0 Å². The fraction of sp³-hybridized carbons (Fsp3) is 0.714. The van der Waals surface area contributed by atoms with Crippen LogP contribution in [0.3, 0.4) is 0 Å². The largest absolute Gasteiger partial charge is 0.465 e. The van der Waals surface area contributed by atoms with E-state index in [0.717, 1.165) is 23.5 Å². The Balaban J connectivity index is 2.09. The maximum Gasteiger partial charge on any atom is 0.306 e. The van der Waals surface area contributed by atoms with Gasteiger partial charge in [-0.15, -0.1) is 11.8 Å². The van der Waals surface area contributed by atoms with E-state index >= 15 is 0 Å². The lowest BCUT2D eigenvalue weighted by Crippen LogP contribution is -2.14. The molecule has 19 heavy (non-hydrogen) atoms. The molecule has 1 rings (SSSR count). The molecule has 0 aromatic carbocycles. The second kappa shape index (κ2) is 9.89. The van der Waals surface area contributed by atoms with E-state index in [9.17, 15) is 4.79 Å². The first-order valence-corrected chi connectivity index (χ1v) is 8.02. The van der Waals surface area contributed by atoms with Crippen LogP contribution < -0.4 is 0 Å². The molecule has 0 aliphatic carbocycles. The number of aromatic nitrogens is 2. The molecule has 0 radical (unpaired) electrons. The van der Waals surface area contributed by atoms with Gasteiger partial charge in [0.2, 0.25) is 0 Å². The summed E-state index contributed by atoms with van der Waals surface area (Å²) in [6.45, 7) is 4.92. The average molecular weight is 284 g/mol. The van der Waals surface area contributed by atoms with E-state index in [0.29, 0.717) is 18.9 Å². The van der Waals surface area contributed by atoms with Crippen molar-refractivity contribution in [3.63, 3.8) is 0 Å². The van der Waals surface area contributed by atoms with Crippen molar-refractivity contribution in [2.75, 3.05) is 12.4 Å². The van der Waals surface area contributed by atoms with Gasteiger partial charge in [0.25, 0.3) is 0 Å². The molecule has 5 heteroatoms. The number of carbonyl (C=O) groups excluding carboxylic acids is 1. The molecule has 108 valence electrons. The Morgan fingerprint density at radius 2 is 2.37 bits per heavy atom. The van der Waals surface area contributed by atoms with Crippen LogP contribution in [0.25, 0.3) is 0 Å². The van der Waals surface area contributed by atoms with Gasteiger partial charge < -0.3 is 4.74 Å². The molecule has 0 spiro atoms. The summed E-state index contributed by atoms with van der Waals surface area (Å²) < 4.78 is 5.34. The Bertz CT molecular complexity index is 341. The Labute approximate surface area is 119 Å². The summed E-state index contributed by atoms with van der Waals surface area (Å²) >= 11 is 1.61. The highest BCUT2D eigenvalue weighted by atomic mass is 32.2. The molecule has 0 aliphatic rings. The van der Waals surface area contributed by atoms with Crippen molar-refractivity contribution >= 4 is 17.7 Å². The summed E-state index contributed by atoms with van der Waals surface area (Å²) in [5.74, 6) is 1.17. The zero-order valence-corrected chi connectivity index (χ0v) is 12.7. The molecule has 4 nitrogen and oxygen atoms in total. The van der Waals surface area contributed by atoms with E-state index in [4.69, 9.17) is 4.74 Å². The Morgan fingerprint density at radius 1 is 1.53 bits per heavy atom. The van der Waals surface area contributed by atoms with Gasteiger partial charge in [0, 0.05) is 16.8 Å². The van der Waals surface area contributed by atoms with Crippen LogP contribution in [0.4, 0.5) is 0 Å². The summed E-state index contributed by atoms with van der Waals surface area (Å²) in [7, 11) is 0. The first kappa shape index (κ1) is 16.1. The van der Waals surface area contributed by atoms with Gasteiger partial charge in [-0.05, 0) is 12.3 Å². The summed E-state index contributed by atoms with van der Waals surface area (Å²) in [4.78, 5) is 12.7. The highest BCUT2D eigenvalue weighted by Gasteiger charge is 2.10. The number of H-pyrrole nitrogens is 1. The minimum atomic E-state index is -0.0917. The smallest absolute Gasteiger partial charge is 0.306 e. The Morgan fingerprint density at radius 3 is 3.00 bits per heavy atom. The van der Waals surface area contributed by atoms with Gasteiger partial charge in [0.15, 0.2) is 0 Å². The number of esters is 1. The van der Waals surface area contributed by atoms with Gasteiger partial charge in [0.05, 0.1) is 19.2 Å². The molecule has 1 aromatic rings. The van der Waals surface area contributed by atoms with Crippen LogP contribution in [-0.2, 0) is 9.53 Å². The molecule has 0 bridgehead atoms. The highest BCUT2D eigenvalue weighted by molar-refractivity contribution is 7.99. The van der Waals surface area contributed by atoms with Crippen LogP contribution in [-0.4, -0.2) is 28.5 Å². The van der Waals surface area contributed by atoms with Crippen LogP contribution in [0.5, 0.6) is 0 Å². The quantitative estimate of drug-likeness (QED) is 0.526. The number of unbranched alkanes of at least 4 members (excludes halogenated alkanes) is 1. The van der Waals surface area contributed by atoms with Crippen molar-refractivity contribution in [2.45, 2.75) is 50.8 Å². The third-order valence-electron chi connectivity index (χ3n) is 3.07. The molecule has 1 heterocycles. The lowest BCUT2D eigenvalue weighted by molar-refractivity contribution is -0.144. The van der Waals surface area contributed by atoms with Gasteiger partial charge in [0.1, 0.15) is 0 Å². The number of carbonyl (C=O) groups is 1. The van der Waals surface area contributed by atoms with Crippen LogP contribution in [0.1, 0.15) is 46.0 Å². The zero-order chi connectivity index (χ0) is 13.9. The molecular weight excluding hydrogens is 260 g/mol. The van der Waals surface area contributed by atoms with Gasteiger partial charge in [-0.25, -0.2) is 0 Å². The van der Waals surface area contributed by atoms with Crippen molar-refractivity contribution in [3.8, 4) is 0 Å². The summed E-state index contributed by atoms with van der Waals surface area (Å²) in [6.07, 6.45) is 8.70. The minimum Gasteiger partial charge on any atom is -0.465 e. The number of hydrogen-bond donors (Lipinski definition) is 1. The molecule has 0 aliphatic heterocycles. The van der Waals surface area contributed by atoms with Crippen LogP contribution in [0, 0.1) is 5.92 Å². The number of aromatic amines is 1. The van der Waals surface area contributed by atoms with E-state index in [-0.39, 0.29) is 5.97 Å². The van der Waals surface area contributed by atoms with Gasteiger partial charge in [-0.2, -0.15) is 5.10 Å². The molecule has 0 saturated heterocycles. The number of rotatable bonds is 10. The first-order chi connectivity index (χ1) is 9.26. The van der Waals surface area contributed by atoms with E-state index in [1.807, 2.05) is 6.20 Å². The van der Waals surface area contributed by atoms with Crippen molar-refractivity contribution in [2.24, 2.45) is 5.92 Å². The second-order valence-corrected chi connectivity index (χ2v) is 5.80. The first-order valence-electron chi connectivity index (χ1n) is 7.03. The van der Waals surface area contributed by atoms with Gasteiger partial charge in [-0.1, -0.05) is 33.1 Å². The number of hydrogen-bond acceptors (Lipinski definition) is 4. The molecule has 0 saturated carbocycles. The summed E-state index contributed by atoms with van der Waals surface area (Å²) in [5, 5.41) is 6.61. The number of thioether (sulfide) groups is 1. The SMILES string of the molecule is CCCCC(CC)COC(=O)CCSc1cn[nH]c1. The average Bonchev–Trinajstić information content (AvgIpc) is 2.92. The van der Waals surface area contributed by atoms with Crippen LogP contribution in [0.15, 0.2) is 17.3 Å². The fourth-order valence-corrected chi connectivity index (χ4v) is 2.52. The third-order valence-corrected chi connectivity index (χ3v) is 4.04. The molecule has 0 amide bonds. The van der Waals surface area contributed by atoms with Crippen molar-refractivity contribution in [3.05, 3.63) is 12.4 Å².